The van der Waals surface area contributed by atoms with Gasteiger partial charge in [0.15, 0.2) is 0 Å². The first-order valence-electron chi connectivity index (χ1n) is 6.91. The van der Waals surface area contributed by atoms with Crippen molar-refractivity contribution < 1.29 is 14.3 Å². The molecule has 0 aliphatic carbocycles. The minimum atomic E-state index is -0.282. The Morgan fingerprint density at radius 3 is 2.68 bits per heavy atom. The molecule has 0 amide bonds. The first kappa shape index (κ1) is 15.8. The van der Waals surface area contributed by atoms with Gasteiger partial charge in [0.2, 0.25) is 5.88 Å². The van der Waals surface area contributed by atoms with Gasteiger partial charge in [-0.1, -0.05) is 30.4 Å². The first-order chi connectivity index (χ1) is 10.6. The van der Waals surface area contributed by atoms with Crippen molar-refractivity contribution in [2.45, 2.75) is 13.3 Å². The first-order valence-corrected chi connectivity index (χ1v) is 6.91. The fraction of sp³-hybridized carbons (Fsp3) is 0.222. The molecule has 0 fully saturated rings. The number of allylic oxidation sites excluding steroid dienone is 1. The summed E-state index contributed by atoms with van der Waals surface area (Å²) in [7, 11) is 2.96. The normalized spacial score (nSPS) is 10.1. The van der Waals surface area contributed by atoms with Gasteiger partial charge in [-0.25, -0.2) is 4.98 Å². The molecule has 1 heterocycles. The summed E-state index contributed by atoms with van der Waals surface area (Å²) >= 11 is 0. The number of benzene rings is 1. The predicted octanol–water partition coefficient (Wildman–Crippen LogP) is 3.51. The highest BCUT2D eigenvalue weighted by Crippen LogP contribution is 2.31. The molecule has 1 aromatic heterocycles. The summed E-state index contributed by atoms with van der Waals surface area (Å²) in [6.45, 7) is 5.92. The van der Waals surface area contributed by atoms with Crippen LogP contribution in [0.3, 0.4) is 0 Å². The maximum atomic E-state index is 11.8. The maximum Gasteiger partial charge on any atom is 0.310 e. The number of hydrogen-bond donors (Lipinski definition) is 0. The molecule has 22 heavy (non-hydrogen) atoms. The average molecular weight is 297 g/mol. The van der Waals surface area contributed by atoms with Crippen molar-refractivity contribution >= 4 is 11.5 Å². The Morgan fingerprint density at radius 2 is 2.05 bits per heavy atom. The largest absolute Gasteiger partial charge is 0.481 e. The van der Waals surface area contributed by atoms with Crippen LogP contribution in [0.25, 0.3) is 16.7 Å². The summed E-state index contributed by atoms with van der Waals surface area (Å²) < 4.78 is 9.99. The zero-order chi connectivity index (χ0) is 16.1. The van der Waals surface area contributed by atoms with Gasteiger partial charge < -0.3 is 9.47 Å². The second-order valence-electron chi connectivity index (χ2n) is 4.95. The average Bonchev–Trinajstić information content (AvgIpc) is 2.54. The Balaban J connectivity index is 2.60. The van der Waals surface area contributed by atoms with E-state index in [0.717, 1.165) is 27.8 Å². The fourth-order valence-electron chi connectivity index (χ4n) is 2.35. The van der Waals surface area contributed by atoms with Crippen molar-refractivity contribution in [1.29, 1.82) is 0 Å². The summed E-state index contributed by atoms with van der Waals surface area (Å²) in [5.41, 5.74) is 4.65. The van der Waals surface area contributed by atoms with Crippen molar-refractivity contribution in [3.63, 3.8) is 0 Å². The van der Waals surface area contributed by atoms with Crippen LogP contribution in [0.15, 0.2) is 43.1 Å². The lowest BCUT2D eigenvalue weighted by Gasteiger charge is -2.15. The van der Waals surface area contributed by atoms with Crippen molar-refractivity contribution in [3.8, 4) is 17.0 Å². The number of nitrogens with zero attached hydrogens (tertiary/aromatic N) is 1. The van der Waals surface area contributed by atoms with Crippen molar-refractivity contribution in [2.75, 3.05) is 14.2 Å². The predicted molar refractivity (Wildman–Crippen MR) is 86.7 cm³/mol. The molecule has 0 saturated carbocycles. The van der Waals surface area contributed by atoms with Crippen LogP contribution in [0, 0.1) is 0 Å². The van der Waals surface area contributed by atoms with Crippen molar-refractivity contribution in [2.24, 2.45) is 0 Å². The summed E-state index contributed by atoms with van der Waals surface area (Å²) in [4.78, 5) is 15.9. The van der Waals surface area contributed by atoms with E-state index in [1.54, 1.807) is 13.3 Å². The van der Waals surface area contributed by atoms with E-state index in [2.05, 4.69) is 11.6 Å². The number of carbonyl (C=O) groups is 1. The number of methoxy groups -OCH3 is 2. The van der Waals surface area contributed by atoms with Crippen LogP contribution in [0.5, 0.6) is 5.88 Å². The van der Waals surface area contributed by atoms with E-state index in [9.17, 15) is 4.79 Å². The Bertz CT molecular complexity index is 707. The van der Waals surface area contributed by atoms with Gasteiger partial charge in [-0.05, 0) is 35.2 Å². The van der Waals surface area contributed by atoms with Crippen LogP contribution in [-0.4, -0.2) is 25.2 Å². The third-order valence-corrected chi connectivity index (χ3v) is 3.44. The van der Waals surface area contributed by atoms with E-state index in [-0.39, 0.29) is 12.4 Å². The highest BCUT2D eigenvalue weighted by atomic mass is 16.5. The molecule has 114 valence electrons. The second-order valence-corrected chi connectivity index (χ2v) is 4.95. The Labute approximate surface area is 130 Å². The zero-order valence-electron chi connectivity index (χ0n) is 13.1. The molecule has 0 saturated heterocycles. The Kier molecular flexibility index (Phi) is 4.94. The molecule has 0 atom stereocenters. The van der Waals surface area contributed by atoms with Gasteiger partial charge in [0.1, 0.15) is 0 Å². The fourth-order valence-corrected chi connectivity index (χ4v) is 2.35. The van der Waals surface area contributed by atoms with E-state index in [4.69, 9.17) is 9.47 Å². The van der Waals surface area contributed by atoms with Gasteiger partial charge in [0.05, 0.1) is 20.6 Å². The van der Waals surface area contributed by atoms with Crippen LogP contribution < -0.4 is 4.74 Å². The molecular formula is C18H19NO3. The van der Waals surface area contributed by atoms with Gasteiger partial charge in [-0.3, -0.25) is 4.79 Å². The highest BCUT2D eigenvalue weighted by Gasteiger charge is 2.15. The summed E-state index contributed by atoms with van der Waals surface area (Å²) in [5.74, 6) is 0.248. The molecule has 1 aromatic carbocycles. The van der Waals surface area contributed by atoms with Crippen LogP contribution in [0.4, 0.5) is 0 Å². The molecule has 0 aliphatic heterocycles. The molecule has 4 nitrogen and oxygen atoms in total. The molecule has 2 aromatic rings. The lowest BCUT2D eigenvalue weighted by molar-refractivity contribution is -0.139. The monoisotopic (exact) mass is 297 g/mol. The van der Waals surface area contributed by atoms with Gasteiger partial charge >= 0.3 is 5.97 Å². The SMILES string of the molecule is C=C(C)c1cccc(-c2ccnc(OC)c2)c1CC(=O)OC. The molecule has 0 aliphatic rings. The second kappa shape index (κ2) is 6.89. The van der Waals surface area contributed by atoms with E-state index in [1.807, 2.05) is 37.3 Å². The number of rotatable bonds is 5. The number of ether oxygens (including phenoxy) is 2. The summed E-state index contributed by atoms with van der Waals surface area (Å²) in [6.07, 6.45) is 1.88. The smallest absolute Gasteiger partial charge is 0.310 e. The third-order valence-electron chi connectivity index (χ3n) is 3.44. The van der Waals surface area contributed by atoms with Gasteiger partial charge in [0, 0.05) is 12.3 Å². The van der Waals surface area contributed by atoms with E-state index < -0.39 is 0 Å². The minimum absolute atomic E-state index is 0.194. The third kappa shape index (κ3) is 3.34. The molecule has 4 heteroatoms. The van der Waals surface area contributed by atoms with E-state index >= 15 is 0 Å². The lowest BCUT2D eigenvalue weighted by atomic mass is 9.91. The molecular weight excluding hydrogens is 278 g/mol. The number of esters is 1. The van der Waals surface area contributed by atoms with Gasteiger partial charge in [-0.2, -0.15) is 0 Å². The topological polar surface area (TPSA) is 48.4 Å². The van der Waals surface area contributed by atoms with Crippen LogP contribution >= 0.6 is 0 Å². The molecule has 0 bridgehead atoms. The number of carbonyl (C=O) groups excluding carboxylic acids is 1. The number of hydrogen-bond acceptors (Lipinski definition) is 4. The quantitative estimate of drug-likeness (QED) is 0.792. The number of pyridine rings is 1. The van der Waals surface area contributed by atoms with Gasteiger partial charge in [-0.15, -0.1) is 0 Å². The molecule has 0 spiro atoms. The number of aromatic nitrogens is 1. The van der Waals surface area contributed by atoms with Crippen molar-refractivity contribution in [3.05, 3.63) is 54.2 Å². The highest BCUT2D eigenvalue weighted by molar-refractivity contribution is 5.83. The van der Waals surface area contributed by atoms with Crippen LogP contribution in [-0.2, 0) is 16.0 Å². The Hall–Kier alpha value is -2.62. The molecule has 0 unspecified atom stereocenters. The Morgan fingerprint density at radius 1 is 1.27 bits per heavy atom. The van der Waals surface area contributed by atoms with Crippen LogP contribution in [0.1, 0.15) is 18.1 Å². The molecule has 0 radical (unpaired) electrons. The zero-order valence-corrected chi connectivity index (χ0v) is 13.1. The maximum absolute atomic E-state index is 11.8. The van der Waals surface area contributed by atoms with E-state index in [1.165, 1.54) is 7.11 Å². The van der Waals surface area contributed by atoms with Gasteiger partial charge in [0.25, 0.3) is 0 Å². The molecule has 0 N–H and O–H groups in total. The van der Waals surface area contributed by atoms with E-state index in [0.29, 0.717) is 5.88 Å². The standard InChI is InChI=1S/C18H19NO3/c1-12(2)14-6-5-7-15(16(14)11-18(20)22-4)13-8-9-19-17(10-13)21-3/h5-10H,1,11H2,2-4H3. The minimum Gasteiger partial charge on any atom is -0.481 e. The summed E-state index contributed by atoms with van der Waals surface area (Å²) in [6, 6.07) is 9.62. The van der Waals surface area contributed by atoms with Crippen LogP contribution in [0.2, 0.25) is 0 Å². The van der Waals surface area contributed by atoms with Crippen molar-refractivity contribution in [1.82, 2.24) is 4.98 Å². The summed E-state index contributed by atoms with van der Waals surface area (Å²) in [5, 5.41) is 0. The lowest BCUT2D eigenvalue weighted by Crippen LogP contribution is -2.08. The molecule has 2 rings (SSSR count).